The van der Waals surface area contributed by atoms with Crippen molar-refractivity contribution < 1.29 is 9.53 Å². The zero-order valence-corrected chi connectivity index (χ0v) is 17.8. The highest BCUT2D eigenvalue weighted by molar-refractivity contribution is 6.06. The predicted molar refractivity (Wildman–Crippen MR) is 110 cm³/mol. The molecule has 0 spiro atoms. The van der Waals surface area contributed by atoms with E-state index in [4.69, 9.17) is 4.74 Å². The molecule has 0 radical (unpaired) electrons. The number of anilines is 1. The Morgan fingerprint density at radius 1 is 1.19 bits per heavy atom. The van der Waals surface area contributed by atoms with E-state index in [0.717, 1.165) is 66.4 Å². The molecule has 0 aliphatic carbocycles. The van der Waals surface area contributed by atoms with Gasteiger partial charge in [-0.3, -0.25) is 4.79 Å². The van der Waals surface area contributed by atoms with Crippen molar-refractivity contribution in [2.75, 3.05) is 31.6 Å². The molecule has 0 unspecified atom stereocenters. The molecule has 26 heavy (non-hydrogen) atoms. The fraction of sp³-hybridized carbons (Fsp3) is 0.381. The van der Waals surface area contributed by atoms with Gasteiger partial charge in [0, 0.05) is 17.8 Å². The lowest BCUT2D eigenvalue weighted by molar-refractivity contribution is 0.0985. The highest BCUT2D eigenvalue weighted by Crippen LogP contribution is 2.31. The maximum absolute atomic E-state index is 12.8. The van der Waals surface area contributed by atoms with Gasteiger partial charge in [0.05, 0.1) is 17.0 Å². The first kappa shape index (κ1) is 18.7. The fourth-order valence-corrected chi connectivity index (χ4v) is 3.65. The van der Waals surface area contributed by atoms with Crippen LogP contribution in [0.15, 0.2) is 48.5 Å². The number of hydrogen-bond acceptors (Lipinski definition) is 3. The lowest BCUT2D eigenvalue weighted by Crippen LogP contribution is -2.35. The topological polar surface area (TPSA) is 32.8 Å². The Kier molecular flexibility index (Phi) is 6.47. The molecule has 3 rings (SSSR count). The molecule has 1 heterocycles. The summed E-state index contributed by atoms with van der Waals surface area (Å²) in [6.07, 6.45) is 4.23. The van der Waals surface area contributed by atoms with Crippen molar-refractivity contribution in [1.29, 1.82) is 0 Å². The average molecular weight is 369 g/mol. The van der Waals surface area contributed by atoms with E-state index in [1.165, 1.54) is 12.0 Å². The summed E-state index contributed by atoms with van der Waals surface area (Å²) in [6, 6.07) is 15.7. The normalized spacial score (nSPS) is 13.7. The van der Waals surface area contributed by atoms with Crippen molar-refractivity contribution in [3.63, 3.8) is 0 Å². The molecule has 138 valence electrons. The third kappa shape index (κ3) is 4.74. The number of rotatable bonds is 7. The van der Waals surface area contributed by atoms with Gasteiger partial charge in [0.15, 0.2) is 0 Å². The number of nitrogens with zero attached hydrogens (tertiary/aromatic N) is 2. The molecule has 0 fully saturated rings. The summed E-state index contributed by atoms with van der Waals surface area (Å²) < 4.78 is 8.25. The SMILES string of the molecule is CN([SiH3])CCCCOc1ccc2c(c1)CCCN2C(=O)c1ccccc1. The summed E-state index contributed by atoms with van der Waals surface area (Å²) in [5, 5.41) is 0. The van der Waals surface area contributed by atoms with Gasteiger partial charge in [-0.1, -0.05) is 18.2 Å². The lowest BCUT2D eigenvalue weighted by atomic mass is 10.0. The largest absolute Gasteiger partial charge is 0.494 e. The number of unbranched alkanes of at least 4 members (excludes halogenated alkanes) is 1. The summed E-state index contributed by atoms with van der Waals surface area (Å²) in [7, 11) is 3.27. The molecule has 0 saturated carbocycles. The Balaban J connectivity index is 1.65. The molecular formula is C21H28N2O2Si. The van der Waals surface area contributed by atoms with Crippen LogP contribution in [-0.4, -0.2) is 47.6 Å². The Hall–Kier alpha value is -2.11. The lowest BCUT2D eigenvalue weighted by Gasteiger charge is -2.30. The molecule has 0 N–H and O–H groups in total. The molecule has 2 aromatic carbocycles. The molecule has 1 aliphatic rings. The standard InChI is InChI=1S/C21H28N2O2Si/c1-22(26)13-5-6-15-25-19-11-12-20-18(16-19)10-7-14-23(20)21(24)17-8-3-2-4-9-17/h2-4,8-9,11-12,16H,5-7,10,13-15H2,1,26H3. The predicted octanol–water partition coefficient (Wildman–Crippen LogP) is 2.65. The van der Waals surface area contributed by atoms with E-state index in [0.29, 0.717) is 0 Å². The van der Waals surface area contributed by atoms with E-state index in [2.05, 4.69) is 17.7 Å². The third-order valence-electron chi connectivity index (χ3n) is 4.70. The quantitative estimate of drug-likeness (QED) is 0.556. The Morgan fingerprint density at radius 3 is 2.77 bits per heavy atom. The van der Waals surface area contributed by atoms with Gasteiger partial charge in [-0.15, -0.1) is 0 Å². The molecule has 0 saturated heterocycles. The van der Waals surface area contributed by atoms with Crippen molar-refractivity contribution >= 4 is 22.0 Å². The summed E-state index contributed by atoms with van der Waals surface area (Å²) in [6.45, 7) is 2.67. The fourth-order valence-electron chi connectivity index (χ4n) is 3.33. The number of amides is 1. The van der Waals surface area contributed by atoms with E-state index in [1.807, 2.05) is 47.4 Å². The molecule has 5 heteroatoms. The Labute approximate surface area is 159 Å². The molecule has 1 aliphatic heterocycles. The van der Waals surface area contributed by atoms with Gasteiger partial charge in [-0.25, -0.2) is 0 Å². The van der Waals surface area contributed by atoms with E-state index >= 15 is 0 Å². The van der Waals surface area contributed by atoms with Crippen LogP contribution in [0.5, 0.6) is 5.75 Å². The molecule has 0 bridgehead atoms. The zero-order chi connectivity index (χ0) is 18.4. The number of hydrogen-bond donors (Lipinski definition) is 0. The van der Waals surface area contributed by atoms with Crippen molar-refractivity contribution in [2.45, 2.75) is 25.7 Å². The number of aryl methyl sites for hydroxylation is 1. The van der Waals surface area contributed by atoms with Crippen LogP contribution in [0, 0.1) is 0 Å². The number of fused-ring (bicyclic) bond motifs is 1. The second-order valence-electron chi connectivity index (χ2n) is 7.08. The van der Waals surface area contributed by atoms with Crippen LogP contribution < -0.4 is 9.64 Å². The second-order valence-corrected chi connectivity index (χ2v) is 8.60. The molecule has 1 amide bonds. The van der Waals surface area contributed by atoms with Gasteiger partial charge in [-0.2, -0.15) is 0 Å². The second kappa shape index (κ2) is 9.01. The zero-order valence-electron chi connectivity index (χ0n) is 15.8. The summed E-state index contributed by atoms with van der Waals surface area (Å²) in [5.41, 5.74) is 2.97. The van der Waals surface area contributed by atoms with Crippen LogP contribution in [0.1, 0.15) is 35.2 Å². The van der Waals surface area contributed by atoms with E-state index < -0.39 is 0 Å². The van der Waals surface area contributed by atoms with Gasteiger partial charge in [0.2, 0.25) is 0 Å². The maximum atomic E-state index is 12.8. The number of carbonyl (C=O) groups excluding carboxylic acids is 1. The minimum Gasteiger partial charge on any atom is -0.494 e. The first-order valence-corrected chi connectivity index (χ1v) is 10.3. The van der Waals surface area contributed by atoms with E-state index in [9.17, 15) is 4.79 Å². The Bertz CT molecular complexity index is 734. The Morgan fingerprint density at radius 2 is 2.00 bits per heavy atom. The average Bonchev–Trinajstić information content (AvgIpc) is 2.67. The number of benzene rings is 2. The molecule has 2 aromatic rings. The summed E-state index contributed by atoms with van der Waals surface area (Å²) >= 11 is 0. The van der Waals surface area contributed by atoms with Crippen molar-refractivity contribution in [1.82, 2.24) is 4.57 Å². The van der Waals surface area contributed by atoms with Crippen molar-refractivity contribution in [2.24, 2.45) is 0 Å². The van der Waals surface area contributed by atoms with Crippen LogP contribution in [0.2, 0.25) is 0 Å². The maximum Gasteiger partial charge on any atom is 0.258 e. The molecule has 4 nitrogen and oxygen atoms in total. The van der Waals surface area contributed by atoms with Gasteiger partial charge in [0.25, 0.3) is 5.91 Å². The first-order valence-electron chi connectivity index (χ1n) is 9.42. The van der Waals surface area contributed by atoms with Crippen molar-refractivity contribution in [3.05, 3.63) is 59.7 Å². The molecule has 0 atom stereocenters. The third-order valence-corrected chi connectivity index (χ3v) is 5.15. The van der Waals surface area contributed by atoms with Gasteiger partial charge in [0.1, 0.15) is 5.75 Å². The van der Waals surface area contributed by atoms with Gasteiger partial charge >= 0.3 is 0 Å². The monoisotopic (exact) mass is 368 g/mol. The first-order chi connectivity index (χ1) is 12.6. The highest BCUT2D eigenvalue weighted by atomic mass is 28.2. The van der Waals surface area contributed by atoms with Gasteiger partial charge in [-0.05, 0) is 75.2 Å². The summed E-state index contributed by atoms with van der Waals surface area (Å²) in [4.78, 5) is 14.7. The van der Waals surface area contributed by atoms with E-state index in [-0.39, 0.29) is 5.91 Å². The highest BCUT2D eigenvalue weighted by Gasteiger charge is 2.23. The number of ether oxygens (including phenoxy) is 1. The molecular weight excluding hydrogens is 340 g/mol. The van der Waals surface area contributed by atoms with Crippen LogP contribution in [-0.2, 0) is 6.42 Å². The minimum atomic E-state index is 0.0763. The number of carbonyl (C=O) groups is 1. The van der Waals surface area contributed by atoms with Crippen LogP contribution in [0.4, 0.5) is 5.69 Å². The van der Waals surface area contributed by atoms with Crippen LogP contribution in [0.25, 0.3) is 0 Å². The van der Waals surface area contributed by atoms with Crippen LogP contribution in [0.3, 0.4) is 0 Å². The van der Waals surface area contributed by atoms with E-state index in [1.54, 1.807) is 0 Å². The molecule has 0 aromatic heterocycles. The van der Waals surface area contributed by atoms with Crippen molar-refractivity contribution in [3.8, 4) is 5.75 Å². The smallest absolute Gasteiger partial charge is 0.258 e. The van der Waals surface area contributed by atoms with Crippen LogP contribution >= 0.6 is 0 Å². The van der Waals surface area contributed by atoms with Gasteiger partial charge < -0.3 is 14.2 Å². The summed E-state index contributed by atoms with van der Waals surface area (Å²) in [5.74, 6) is 0.990. The minimum absolute atomic E-state index is 0.0763.